The van der Waals surface area contributed by atoms with Gasteiger partial charge in [0.1, 0.15) is 13.2 Å². The van der Waals surface area contributed by atoms with Crippen LogP contribution in [-0.4, -0.2) is 68.5 Å². The molecule has 1 unspecified atom stereocenters. The van der Waals surface area contributed by atoms with Gasteiger partial charge in [-0.2, -0.15) is 0 Å². The van der Waals surface area contributed by atoms with Crippen molar-refractivity contribution in [3.8, 4) is 0 Å². The summed E-state index contributed by atoms with van der Waals surface area (Å²) >= 11 is 0. The van der Waals surface area contributed by atoms with Crippen LogP contribution in [0.1, 0.15) is 174 Å². The largest absolute Gasteiger partial charge is 0.756 e. The number of carbonyl (C=O) groups excluding carboxylic acids is 1. The number of rotatable bonds is 36. The van der Waals surface area contributed by atoms with Gasteiger partial charge >= 0.3 is 0 Å². The second-order valence-electron chi connectivity index (χ2n) is 15.0. The Morgan fingerprint density at radius 2 is 1.12 bits per heavy atom. The zero-order valence-electron chi connectivity index (χ0n) is 32.6. The normalized spacial score (nSPS) is 14.8. The average molecular weight is 715 g/mol. The summed E-state index contributed by atoms with van der Waals surface area (Å²) in [5, 5.41) is 13.8. The molecule has 0 spiro atoms. The molecular formula is C40H79N2O6P. The summed E-state index contributed by atoms with van der Waals surface area (Å²) in [7, 11) is 1.28. The monoisotopic (exact) mass is 715 g/mol. The molecule has 290 valence electrons. The van der Waals surface area contributed by atoms with Crippen LogP contribution < -0.4 is 10.2 Å². The zero-order chi connectivity index (χ0) is 36.5. The van der Waals surface area contributed by atoms with Crippen molar-refractivity contribution in [1.82, 2.24) is 5.32 Å². The smallest absolute Gasteiger partial charge is 0.268 e. The number of hydrogen-bond acceptors (Lipinski definition) is 6. The van der Waals surface area contributed by atoms with Gasteiger partial charge in [-0.05, 0) is 64.2 Å². The fraction of sp³-hybridized carbons (Fsp3) is 0.875. The van der Waals surface area contributed by atoms with Crippen molar-refractivity contribution in [3.63, 3.8) is 0 Å². The molecule has 0 aromatic rings. The molecule has 0 aromatic carbocycles. The topological polar surface area (TPSA) is 108 Å². The first kappa shape index (κ1) is 48.0. The number of nitrogens with zero attached hydrogens (tertiary/aromatic N) is 1. The Bertz CT molecular complexity index is 860. The van der Waals surface area contributed by atoms with E-state index in [-0.39, 0.29) is 19.1 Å². The molecule has 1 amide bonds. The lowest BCUT2D eigenvalue weighted by atomic mass is 10.0. The molecule has 0 heterocycles. The lowest BCUT2D eigenvalue weighted by molar-refractivity contribution is -0.870. The molecule has 0 saturated carbocycles. The van der Waals surface area contributed by atoms with Gasteiger partial charge in [0, 0.05) is 6.42 Å². The van der Waals surface area contributed by atoms with E-state index in [2.05, 4.69) is 43.5 Å². The van der Waals surface area contributed by atoms with Crippen LogP contribution in [0.2, 0.25) is 0 Å². The molecule has 9 heteroatoms. The summed E-state index contributed by atoms with van der Waals surface area (Å²) in [4.78, 5) is 25.2. The van der Waals surface area contributed by atoms with Gasteiger partial charge in [0.05, 0.1) is 39.9 Å². The van der Waals surface area contributed by atoms with Crippen LogP contribution in [0.15, 0.2) is 24.3 Å². The van der Waals surface area contributed by atoms with Crippen LogP contribution in [0.4, 0.5) is 0 Å². The molecule has 8 nitrogen and oxygen atoms in total. The number of allylic oxidation sites excluding steroid dienone is 4. The van der Waals surface area contributed by atoms with Crippen LogP contribution >= 0.6 is 7.82 Å². The Morgan fingerprint density at radius 1 is 0.694 bits per heavy atom. The summed E-state index contributed by atoms with van der Waals surface area (Å²) in [6, 6.07) is -0.817. The number of phosphoric ester groups is 1. The number of likely N-dealkylation sites (N-methyl/N-ethyl adjacent to an activating group) is 1. The maximum absolute atomic E-state index is 12.8. The van der Waals surface area contributed by atoms with E-state index in [9.17, 15) is 19.4 Å². The van der Waals surface area contributed by atoms with Crippen LogP contribution in [0.25, 0.3) is 0 Å². The van der Waals surface area contributed by atoms with E-state index in [1.54, 1.807) is 0 Å². The highest BCUT2D eigenvalue weighted by atomic mass is 31.2. The predicted octanol–water partition coefficient (Wildman–Crippen LogP) is 9.94. The third-order valence-corrected chi connectivity index (χ3v) is 9.88. The number of phosphoric acid groups is 1. The van der Waals surface area contributed by atoms with Gasteiger partial charge in [-0.15, -0.1) is 0 Å². The minimum absolute atomic E-state index is 0.00571. The molecule has 2 N–H and O–H groups in total. The molecule has 0 saturated heterocycles. The second-order valence-corrected chi connectivity index (χ2v) is 16.4. The predicted molar refractivity (Wildman–Crippen MR) is 205 cm³/mol. The third-order valence-electron chi connectivity index (χ3n) is 8.91. The second kappa shape index (κ2) is 32.9. The van der Waals surface area contributed by atoms with Gasteiger partial charge in [-0.25, -0.2) is 0 Å². The number of nitrogens with one attached hydrogen (secondary N) is 1. The summed E-state index contributed by atoms with van der Waals surface area (Å²) in [5.41, 5.74) is 0. The van der Waals surface area contributed by atoms with E-state index in [1.165, 1.54) is 89.9 Å². The lowest BCUT2D eigenvalue weighted by Gasteiger charge is -2.30. The third kappa shape index (κ3) is 35.2. The molecule has 0 aliphatic carbocycles. The number of quaternary nitrogens is 1. The fourth-order valence-electron chi connectivity index (χ4n) is 5.61. The van der Waals surface area contributed by atoms with Gasteiger partial charge in [-0.3, -0.25) is 9.36 Å². The number of hydrogen-bond donors (Lipinski definition) is 2. The van der Waals surface area contributed by atoms with E-state index in [0.717, 1.165) is 57.8 Å². The number of carbonyl (C=O) groups is 1. The molecule has 0 rings (SSSR count). The van der Waals surface area contributed by atoms with Crippen molar-refractivity contribution in [1.29, 1.82) is 0 Å². The maximum Gasteiger partial charge on any atom is 0.268 e. The first-order valence-corrected chi connectivity index (χ1v) is 21.6. The van der Waals surface area contributed by atoms with Crippen molar-refractivity contribution >= 4 is 13.7 Å². The van der Waals surface area contributed by atoms with Crippen molar-refractivity contribution in [3.05, 3.63) is 24.3 Å². The quantitative estimate of drug-likeness (QED) is 0.0290. The maximum atomic E-state index is 12.8. The Hall–Kier alpha value is -1.02. The molecule has 0 aliphatic heterocycles. The molecule has 0 aromatic heterocycles. The summed E-state index contributed by atoms with van der Waals surface area (Å²) in [6.45, 7) is 4.65. The Balaban J connectivity index is 4.50. The number of unbranched alkanes of at least 4 members (excludes halogenated alkanes) is 19. The molecule has 0 aliphatic rings. The highest BCUT2D eigenvalue weighted by Gasteiger charge is 2.24. The Kier molecular flexibility index (Phi) is 32.2. The van der Waals surface area contributed by atoms with E-state index in [0.29, 0.717) is 23.9 Å². The van der Waals surface area contributed by atoms with Crippen LogP contribution in [0.5, 0.6) is 0 Å². The fourth-order valence-corrected chi connectivity index (χ4v) is 6.34. The zero-order valence-corrected chi connectivity index (χ0v) is 33.5. The number of aliphatic hydroxyl groups excluding tert-OH is 1. The number of aliphatic hydroxyl groups is 1. The van der Waals surface area contributed by atoms with Crippen LogP contribution in [-0.2, 0) is 18.4 Å². The molecule has 0 fully saturated rings. The van der Waals surface area contributed by atoms with Crippen LogP contribution in [0.3, 0.4) is 0 Å². The first-order valence-electron chi connectivity index (χ1n) is 20.2. The van der Waals surface area contributed by atoms with Gasteiger partial charge in [0.15, 0.2) is 0 Å². The van der Waals surface area contributed by atoms with Crippen LogP contribution in [0, 0.1) is 0 Å². The van der Waals surface area contributed by atoms with Crippen molar-refractivity contribution in [2.45, 2.75) is 187 Å². The van der Waals surface area contributed by atoms with E-state index in [4.69, 9.17) is 9.05 Å². The van der Waals surface area contributed by atoms with E-state index in [1.807, 2.05) is 21.1 Å². The van der Waals surface area contributed by atoms with Gasteiger partial charge in [0.2, 0.25) is 5.91 Å². The standard InChI is InChI=1S/C40H79N2O6P/c1-6-8-10-12-14-16-18-20-22-23-25-27-29-31-33-39(43)38(37-48-49(45,46)47-36-35-42(3,4)5)41-40(44)34-32-30-28-26-24-21-19-17-15-13-11-9-7-2/h17,19,23,25,38-39,43H,6-16,18,20-22,24,26-37H2,1-5H3,(H-,41,44,45,46)/b19-17+,25-23+/t38-,39+/m0/s1. The minimum atomic E-state index is -4.56. The van der Waals surface area contributed by atoms with Crippen molar-refractivity contribution in [2.75, 3.05) is 40.9 Å². The average Bonchev–Trinajstić information content (AvgIpc) is 3.04. The first-order chi connectivity index (χ1) is 23.5. The molecule has 49 heavy (non-hydrogen) atoms. The number of amides is 1. The molecular weight excluding hydrogens is 635 g/mol. The molecule has 0 bridgehead atoms. The highest BCUT2D eigenvalue weighted by molar-refractivity contribution is 7.45. The van der Waals surface area contributed by atoms with Gasteiger partial charge < -0.3 is 28.8 Å². The van der Waals surface area contributed by atoms with E-state index >= 15 is 0 Å². The molecule has 0 radical (unpaired) electrons. The van der Waals surface area contributed by atoms with E-state index < -0.39 is 20.0 Å². The summed E-state index contributed by atoms with van der Waals surface area (Å²) < 4.78 is 23.2. The summed E-state index contributed by atoms with van der Waals surface area (Å²) in [5.74, 6) is -0.186. The van der Waals surface area contributed by atoms with Gasteiger partial charge in [-0.1, -0.05) is 128 Å². The minimum Gasteiger partial charge on any atom is -0.756 e. The highest BCUT2D eigenvalue weighted by Crippen LogP contribution is 2.38. The summed E-state index contributed by atoms with van der Waals surface area (Å²) in [6.07, 6.45) is 36.0. The lowest BCUT2D eigenvalue weighted by Crippen LogP contribution is -2.46. The van der Waals surface area contributed by atoms with Gasteiger partial charge in [0.25, 0.3) is 7.82 Å². The molecule has 3 atom stereocenters. The van der Waals surface area contributed by atoms with Crippen molar-refractivity contribution < 1.29 is 32.9 Å². The van der Waals surface area contributed by atoms with Crippen molar-refractivity contribution in [2.24, 2.45) is 0 Å². The Morgan fingerprint density at radius 3 is 1.61 bits per heavy atom. The Labute approximate surface area is 303 Å². The SMILES string of the molecule is CCCCCC/C=C/CCCCCCCC(=O)N[C@@H](COP(=O)([O-])OCC[N+](C)(C)C)[C@H](O)CCCC/C=C/CCCCCCCCCC.